The molecule has 8 heteroatoms. The lowest BCUT2D eigenvalue weighted by molar-refractivity contribution is 0.340. The van der Waals surface area contributed by atoms with Gasteiger partial charge in [-0.15, -0.1) is 12.4 Å². The van der Waals surface area contributed by atoms with Crippen LogP contribution in [0.1, 0.15) is 32.2 Å². The summed E-state index contributed by atoms with van der Waals surface area (Å²) in [5, 5.41) is 7.74. The molecule has 0 bridgehead atoms. The molecule has 0 aliphatic carbocycles. The molecule has 0 fully saturated rings. The molecular weight excluding hydrogens is 341 g/mol. The number of ether oxygens (including phenoxy) is 2. The van der Waals surface area contributed by atoms with Gasteiger partial charge in [-0.25, -0.2) is 0 Å². The Hall–Kier alpha value is -1.50. The highest BCUT2D eigenvalue weighted by molar-refractivity contribution is 6.32. The van der Waals surface area contributed by atoms with Gasteiger partial charge in [0.05, 0.1) is 25.3 Å². The van der Waals surface area contributed by atoms with Gasteiger partial charge >= 0.3 is 0 Å². The van der Waals surface area contributed by atoms with Crippen LogP contribution >= 0.6 is 24.0 Å². The number of rotatable bonds is 7. The van der Waals surface area contributed by atoms with Gasteiger partial charge in [0.15, 0.2) is 11.5 Å². The third kappa shape index (κ3) is 4.50. The highest BCUT2D eigenvalue weighted by Gasteiger charge is 2.18. The molecule has 0 spiro atoms. The second kappa shape index (κ2) is 8.96. The van der Waals surface area contributed by atoms with Gasteiger partial charge in [-0.3, -0.25) is 0 Å². The van der Waals surface area contributed by atoms with E-state index in [1.807, 2.05) is 6.92 Å². The highest BCUT2D eigenvalue weighted by atomic mass is 35.5. The Morgan fingerprint density at radius 1 is 1.30 bits per heavy atom. The fraction of sp³-hybridized carbons (Fsp3) is 0.467. The van der Waals surface area contributed by atoms with Crippen LogP contribution in [0.2, 0.25) is 5.02 Å². The minimum Gasteiger partial charge on any atom is -0.493 e. The van der Waals surface area contributed by atoms with E-state index in [2.05, 4.69) is 22.4 Å². The van der Waals surface area contributed by atoms with Crippen LogP contribution in [0.5, 0.6) is 11.5 Å². The lowest BCUT2D eigenvalue weighted by Gasteiger charge is -2.10. The van der Waals surface area contributed by atoms with Crippen LogP contribution in [0.4, 0.5) is 0 Å². The minimum atomic E-state index is -0.00295. The van der Waals surface area contributed by atoms with Crippen LogP contribution in [0.15, 0.2) is 16.7 Å². The maximum absolute atomic E-state index is 6.20. The number of methoxy groups -OCH3 is 2. The third-order valence-electron chi connectivity index (χ3n) is 3.20. The summed E-state index contributed by atoms with van der Waals surface area (Å²) >= 11 is 6.20. The molecule has 6 nitrogen and oxygen atoms in total. The van der Waals surface area contributed by atoms with Gasteiger partial charge in [0, 0.05) is 5.56 Å². The van der Waals surface area contributed by atoms with Gasteiger partial charge in [0.1, 0.15) is 0 Å². The first-order chi connectivity index (χ1) is 10.6. The van der Waals surface area contributed by atoms with Crippen molar-refractivity contribution in [1.29, 1.82) is 0 Å². The summed E-state index contributed by atoms with van der Waals surface area (Å²) in [6.45, 7) is 4.97. The largest absolute Gasteiger partial charge is 0.493 e. The van der Waals surface area contributed by atoms with Crippen molar-refractivity contribution in [2.45, 2.75) is 26.3 Å². The predicted octanol–water partition coefficient (Wildman–Crippen LogP) is 3.89. The first-order valence-corrected chi connectivity index (χ1v) is 7.47. The molecule has 1 aromatic carbocycles. The maximum atomic E-state index is 6.20. The molecule has 1 aromatic heterocycles. The van der Waals surface area contributed by atoms with E-state index in [1.54, 1.807) is 19.2 Å². The van der Waals surface area contributed by atoms with E-state index in [0.29, 0.717) is 33.8 Å². The van der Waals surface area contributed by atoms with E-state index >= 15 is 0 Å². The zero-order valence-corrected chi connectivity index (χ0v) is 15.1. The van der Waals surface area contributed by atoms with Crippen molar-refractivity contribution < 1.29 is 14.0 Å². The Morgan fingerprint density at radius 3 is 2.65 bits per heavy atom. The summed E-state index contributed by atoms with van der Waals surface area (Å²) in [5.74, 6) is 2.00. The molecule has 1 N–H and O–H groups in total. The summed E-state index contributed by atoms with van der Waals surface area (Å²) in [6.07, 6.45) is 1.04. The Kier molecular flexibility index (Phi) is 7.61. The van der Waals surface area contributed by atoms with Crippen LogP contribution < -0.4 is 14.8 Å². The fourth-order valence-corrected chi connectivity index (χ4v) is 2.31. The van der Waals surface area contributed by atoms with Crippen LogP contribution in [-0.4, -0.2) is 30.9 Å². The Labute approximate surface area is 146 Å². The van der Waals surface area contributed by atoms with Crippen molar-refractivity contribution in [3.8, 4) is 22.9 Å². The summed E-state index contributed by atoms with van der Waals surface area (Å²) in [5.41, 5.74) is 0.709. The monoisotopic (exact) mass is 361 g/mol. The van der Waals surface area contributed by atoms with Gasteiger partial charge in [0.2, 0.25) is 11.7 Å². The van der Waals surface area contributed by atoms with Crippen molar-refractivity contribution in [2.75, 3.05) is 20.8 Å². The van der Waals surface area contributed by atoms with Crippen LogP contribution in [0, 0.1) is 0 Å². The summed E-state index contributed by atoms with van der Waals surface area (Å²) in [7, 11) is 3.09. The number of halogens is 2. The van der Waals surface area contributed by atoms with Crippen molar-refractivity contribution >= 4 is 24.0 Å². The summed E-state index contributed by atoms with van der Waals surface area (Å²) < 4.78 is 15.8. The molecule has 0 saturated carbocycles. The molecule has 23 heavy (non-hydrogen) atoms. The number of aromatic nitrogens is 2. The zero-order valence-electron chi connectivity index (χ0n) is 13.6. The number of hydrogen-bond donors (Lipinski definition) is 1. The standard InChI is InChI=1S/C15H20ClN3O3.ClH/c1-5-6-17-9(2)15-18-14(19-22-15)10-7-11(16)13(21-4)12(8-10)20-3;/h7-9,17H,5-6H2,1-4H3;1H. The van der Waals surface area contributed by atoms with E-state index in [0.717, 1.165) is 13.0 Å². The second-order valence-corrected chi connectivity index (χ2v) is 5.23. The molecule has 128 valence electrons. The highest BCUT2D eigenvalue weighted by Crippen LogP contribution is 2.38. The van der Waals surface area contributed by atoms with Gasteiger partial charge in [-0.1, -0.05) is 23.7 Å². The average Bonchev–Trinajstić information content (AvgIpc) is 3.01. The maximum Gasteiger partial charge on any atom is 0.243 e. The molecule has 1 unspecified atom stereocenters. The van der Waals surface area contributed by atoms with E-state index in [4.69, 9.17) is 25.6 Å². The molecule has 0 radical (unpaired) electrons. The first kappa shape index (κ1) is 19.5. The number of nitrogens with zero attached hydrogens (tertiary/aromatic N) is 2. The normalized spacial score (nSPS) is 11.7. The minimum absolute atomic E-state index is 0. The number of hydrogen-bond acceptors (Lipinski definition) is 6. The van der Waals surface area contributed by atoms with Crippen LogP contribution in [0.25, 0.3) is 11.4 Å². The van der Waals surface area contributed by atoms with E-state index < -0.39 is 0 Å². The number of nitrogens with one attached hydrogen (secondary N) is 1. The van der Waals surface area contributed by atoms with E-state index in [-0.39, 0.29) is 18.4 Å². The molecule has 0 aliphatic heterocycles. The van der Waals surface area contributed by atoms with E-state index in [1.165, 1.54) is 7.11 Å². The van der Waals surface area contributed by atoms with Gasteiger partial charge in [0.25, 0.3) is 0 Å². The van der Waals surface area contributed by atoms with E-state index in [9.17, 15) is 0 Å². The number of benzene rings is 1. The van der Waals surface area contributed by atoms with Crippen LogP contribution in [-0.2, 0) is 0 Å². The second-order valence-electron chi connectivity index (χ2n) is 4.83. The molecule has 0 amide bonds. The lowest BCUT2D eigenvalue weighted by atomic mass is 10.2. The Balaban J connectivity index is 0.00000264. The third-order valence-corrected chi connectivity index (χ3v) is 3.49. The molecule has 2 aromatic rings. The summed E-state index contributed by atoms with van der Waals surface area (Å²) in [6, 6.07) is 3.49. The SMILES string of the molecule is CCCNC(C)c1nc(-c2cc(Cl)c(OC)c(OC)c2)no1.Cl. The zero-order chi connectivity index (χ0) is 16.1. The molecule has 0 saturated heterocycles. The Bertz CT molecular complexity index is 634. The fourth-order valence-electron chi connectivity index (χ4n) is 2.02. The summed E-state index contributed by atoms with van der Waals surface area (Å²) in [4.78, 5) is 4.41. The smallest absolute Gasteiger partial charge is 0.243 e. The van der Waals surface area contributed by atoms with Crippen molar-refractivity contribution in [1.82, 2.24) is 15.5 Å². The molecular formula is C15H21Cl2N3O3. The van der Waals surface area contributed by atoms with Crippen molar-refractivity contribution in [3.63, 3.8) is 0 Å². The molecule has 1 heterocycles. The van der Waals surface area contributed by atoms with Crippen molar-refractivity contribution in [3.05, 3.63) is 23.0 Å². The lowest BCUT2D eigenvalue weighted by Crippen LogP contribution is -2.19. The quantitative estimate of drug-likeness (QED) is 0.806. The topological polar surface area (TPSA) is 69.4 Å². The first-order valence-electron chi connectivity index (χ1n) is 7.09. The predicted molar refractivity (Wildman–Crippen MR) is 91.8 cm³/mol. The van der Waals surface area contributed by atoms with Crippen LogP contribution in [0.3, 0.4) is 0 Å². The molecule has 2 rings (SSSR count). The van der Waals surface area contributed by atoms with Gasteiger partial charge in [-0.2, -0.15) is 4.98 Å². The van der Waals surface area contributed by atoms with Gasteiger partial charge < -0.3 is 19.3 Å². The Morgan fingerprint density at radius 2 is 2.04 bits per heavy atom. The molecule has 1 atom stereocenters. The average molecular weight is 362 g/mol. The molecule has 0 aliphatic rings. The van der Waals surface area contributed by atoms with Crippen molar-refractivity contribution in [2.24, 2.45) is 0 Å². The van der Waals surface area contributed by atoms with Gasteiger partial charge in [-0.05, 0) is 32.0 Å².